The van der Waals surface area contributed by atoms with Crippen LogP contribution in [0.2, 0.25) is 0 Å². The number of carboxylic acids is 4. The van der Waals surface area contributed by atoms with Crippen molar-refractivity contribution in [2.75, 3.05) is 13.1 Å². The van der Waals surface area contributed by atoms with Gasteiger partial charge in [0.25, 0.3) is 23.9 Å². The van der Waals surface area contributed by atoms with Crippen molar-refractivity contribution < 1.29 is 56.7 Å². The molecule has 8 N–H and O–H groups in total. The Balaban J connectivity index is -0.0000000250. The maximum atomic E-state index is 9.00. The van der Waals surface area contributed by atoms with E-state index in [1.54, 1.807) is 0 Å². The molecule has 131 valence electrons. The van der Waals surface area contributed by atoms with Crippen molar-refractivity contribution in [3.05, 3.63) is 0 Å². The second kappa shape index (κ2) is 42.7. The summed E-state index contributed by atoms with van der Waals surface area (Å²) in [6.45, 7) is 5.53. The average molecular weight is 379 g/mol. The fourth-order valence-electron chi connectivity index (χ4n) is 0. The van der Waals surface area contributed by atoms with Gasteiger partial charge in [0.1, 0.15) is 0 Å². The van der Waals surface area contributed by atoms with Crippen molar-refractivity contribution >= 4 is 53.4 Å². The maximum Gasteiger partial charge on any atom is 0.300 e. The van der Waals surface area contributed by atoms with Gasteiger partial charge in [0.2, 0.25) is 0 Å². The summed E-state index contributed by atoms with van der Waals surface area (Å²) in [5.41, 5.74) is 9.81. The second-order valence-electron chi connectivity index (χ2n) is 2.65. The number of carboxylic acid groups (broad SMARTS) is 4. The van der Waals surface area contributed by atoms with E-state index >= 15 is 0 Å². The standard InChI is InChI=1S/C2H8N2.4C2H4O2.Fe.Na/c3-1-2-4;4*1-2(3)4;;/h1-4H2;4*1H3,(H,3,4);;. The molecule has 1 radical (unpaired) electrons. The molecule has 0 rings (SSSR count). The Labute approximate surface area is 162 Å². The Hall–Kier alpha value is -0.681. The Bertz CT molecular complexity index is 201. The molecule has 0 bridgehead atoms. The van der Waals surface area contributed by atoms with E-state index in [0.29, 0.717) is 13.1 Å². The fourth-order valence-corrected chi connectivity index (χ4v) is 0. The van der Waals surface area contributed by atoms with Crippen LogP contribution in [0, 0.1) is 0 Å². The second-order valence-corrected chi connectivity index (χ2v) is 2.65. The predicted octanol–water partition coefficient (Wildman–Crippen LogP) is -1.12. The first kappa shape index (κ1) is 42.9. The molecular weight excluding hydrogens is 355 g/mol. The molecule has 0 aliphatic heterocycles. The molecular formula is C10H24FeN2NaO8. The minimum atomic E-state index is -0.833. The van der Waals surface area contributed by atoms with Crippen molar-refractivity contribution in [1.29, 1.82) is 0 Å². The van der Waals surface area contributed by atoms with E-state index in [4.69, 9.17) is 51.1 Å². The summed E-state index contributed by atoms with van der Waals surface area (Å²) in [6, 6.07) is 0. The molecule has 0 aromatic carbocycles. The van der Waals surface area contributed by atoms with E-state index < -0.39 is 23.9 Å². The Morgan fingerprint density at radius 3 is 0.682 bits per heavy atom. The molecule has 0 amide bonds. The topological polar surface area (TPSA) is 201 Å². The van der Waals surface area contributed by atoms with Crippen LogP contribution in [0.3, 0.4) is 0 Å². The largest absolute Gasteiger partial charge is 0.481 e. The third-order valence-electron chi connectivity index (χ3n) is 0.167. The van der Waals surface area contributed by atoms with Gasteiger partial charge in [-0.1, -0.05) is 0 Å². The summed E-state index contributed by atoms with van der Waals surface area (Å²) < 4.78 is 0. The molecule has 0 spiro atoms. The predicted molar refractivity (Wildman–Crippen MR) is 77.1 cm³/mol. The molecule has 0 aromatic rings. The molecule has 0 atom stereocenters. The van der Waals surface area contributed by atoms with Crippen molar-refractivity contribution in [2.24, 2.45) is 11.5 Å². The first-order valence-electron chi connectivity index (χ1n) is 5.03. The van der Waals surface area contributed by atoms with E-state index in [1.165, 1.54) is 0 Å². The van der Waals surface area contributed by atoms with Gasteiger partial charge in [-0.2, -0.15) is 0 Å². The molecule has 0 saturated heterocycles. The van der Waals surface area contributed by atoms with Crippen LogP contribution in [-0.2, 0) is 36.2 Å². The Kier molecular flexibility index (Phi) is 83.4. The number of rotatable bonds is 1. The SMILES string of the molecule is CC(=O)O.CC(=O)O.CC(=O)O.CC(=O)O.NCCN.[Fe].[Na]. The molecule has 0 aliphatic rings. The minimum Gasteiger partial charge on any atom is -0.481 e. The zero-order valence-electron chi connectivity index (χ0n) is 13.3. The Morgan fingerprint density at radius 1 is 0.636 bits per heavy atom. The van der Waals surface area contributed by atoms with Crippen LogP contribution in [0.4, 0.5) is 0 Å². The van der Waals surface area contributed by atoms with Gasteiger partial charge in [-0.15, -0.1) is 0 Å². The van der Waals surface area contributed by atoms with Crippen LogP contribution in [0.5, 0.6) is 0 Å². The summed E-state index contributed by atoms with van der Waals surface area (Å²) in [5.74, 6) is -3.33. The number of aliphatic carboxylic acids is 4. The van der Waals surface area contributed by atoms with E-state index in [0.717, 1.165) is 27.7 Å². The zero-order valence-corrected chi connectivity index (χ0v) is 16.4. The van der Waals surface area contributed by atoms with Crippen LogP contribution in [0.25, 0.3) is 0 Å². The first-order chi connectivity index (χ1) is 8.84. The summed E-state index contributed by atoms with van der Waals surface area (Å²) in [5, 5.41) is 29.7. The van der Waals surface area contributed by atoms with E-state index in [-0.39, 0.29) is 46.6 Å². The van der Waals surface area contributed by atoms with E-state index in [1.807, 2.05) is 0 Å². The summed E-state index contributed by atoms with van der Waals surface area (Å²) in [7, 11) is 0. The first-order valence-corrected chi connectivity index (χ1v) is 5.03. The molecule has 0 fully saturated rings. The number of hydrogen-bond acceptors (Lipinski definition) is 6. The zero-order chi connectivity index (χ0) is 17.7. The normalized spacial score (nSPS) is 5.91. The Morgan fingerprint density at radius 2 is 0.682 bits per heavy atom. The molecule has 0 heterocycles. The quantitative estimate of drug-likeness (QED) is 0.303. The van der Waals surface area contributed by atoms with Gasteiger partial charge in [-0.25, -0.2) is 0 Å². The van der Waals surface area contributed by atoms with Gasteiger partial charge in [0.15, 0.2) is 0 Å². The summed E-state index contributed by atoms with van der Waals surface area (Å²) in [4.78, 5) is 36.0. The average Bonchev–Trinajstić information content (AvgIpc) is 2.13. The van der Waals surface area contributed by atoms with Crippen molar-refractivity contribution in [1.82, 2.24) is 0 Å². The monoisotopic (exact) mass is 379 g/mol. The molecule has 0 unspecified atom stereocenters. The van der Waals surface area contributed by atoms with Gasteiger partial charge in [-0.05, 0) is 0 Å². The van der Waals surface area contributed by atoms with E-state index in [9.17, 15) is 0 Å². The fraction of sp³-hybridized carbons (Fsp3) is 0.600. The van der Waals surface area contributed by atoms with Crippen LogP contribution in [0.1, 0.15) is 27.7 Å². The number of carbonyl (C=O) groups is 4. The van der Waals surface area contributed by atoms with Gasteiger partial charge in [0, 0.05) is 87.4 Å². The third kappa shape index (κ3) is 63500. The number of hydrogen-bond donors (Lipinski definition) is 6. The maximum absolute atomic E-state index is 9.00. The summed E-state index contributed by atoms with van der Waals surface area (Å²) >= 11 is 0. The molecule has 22 heavy (non-hydrogen) atoms. The van der Waals surface area contributed by atoms with Crippen LogP contribution in [-0.4, -0.2) is 87.0 Å². The van der Waals surface area contributed by atoms with Crippen molar-refractivity contribution in [2.45, 2.75) is 27.7 Å². The molecule has 12 heteroatoms. The molecule has 0 aromatic heterocycles. The van der Waals surface area contributed by atoms with Gasteiger partial charge >= 0.3 is 0 Å². The van der Waals surface area contributed by atoms with Crippen molar-refractivity contribution in [3.63, 3.8) is 0 Å². The third-order valence-corrected chi connectivity index (χ3v) is 0.167. The van der Waals surface area contributed by atoms with Crippen LogP contribution < -0.4 is 11.5 Å². The minimum absolute atomic E-state index is 0. The van der Waals surface area contributed by atoms with Gasteiger partial charge < -0.3 is 31.9 Å². The van der Waals surface area contributed by atoms with Crippen molar-refractivity contribution in [3.8, 4) is 0 Å². The smallest absolute Gasteiger partial charge is 0.300 e. The molecule has 0 aliphatic carbocycles. The van der Waals surface area contributed by atoms with Crippen LogP contribution >= 0.6 is 0 Å². The number of nitrogens with two attached hydrogens (primary N) is 2. The van der Waals surface area contributed by atoms with Gasteiger partial charge in [-0.3, -0.25) is 19.2 Å². The van der Waals surface area contributed by atoms with Gasteiger partial charge in [0.05, 0.1) is 0 Å². The van der Waals surface area contributed by atoms with E-state index in [2.05, 4.69) is 0 Å². The summed E-state index contributed by atoms with van der Waals surface area (Å²) in [6.07, 6.45) is 0. The molecule has 0 saturated carbocycles. The van der Waals surface area contributed by atoms with Crippen LogP contribution in [0.15, 0.2) is 0 Å². The molecule has 10 nitrogen and oxygen atoms in total.